The number of methoxy groups -OCH3 is 1. The Morgan fingerprint density at radius 1 is 1.10 bits per heavy atom. The van der Waals surface area contributed by atoms with Crippen LogP contribution in [0.5, 0.6) is 0 Å². The molecule has 114 valence electrons. The van der Waals surface area contributed by atoms with Crippen molar-refractivity contribution in [2.75, 3.05) is 45.8 Å². The van der Waals surface area contributed by atoms with Gasteiger partial charge in [0.05, 0.1) is 6.61 Å². The largest absolute Gasteiger partial charge is 0.398 e. The maximum absolute atomic E-state index is 6.00. The molecule has 0 saturated carbocycles. The molecule has 1 aromatic carbocycles. The Bertz CT molecular complexity index is 358. The lowest BCUT2D eigenvalue weighted by Crippen LogP contribution is -2.28. The van der Waals surface area contributed by atoms with Gasteiger partial charge in [-0.25, -0.2) is 0 Å². The highest BCUT2D eigenvalue weighted by Gasteiger charge is 2.07. The Kier molecular flexibility index (Phi) is 9.04. The zero-order chi connectivity index (χ0) is 14.6. The highest BCUT2D eigenvalue weighted by atomic mass is 16.5. The number of nitrogens with zero attached hydrogens (tertiary/aromatic N) is 1. The van der Waals surface area contributed by atoms with Crippen LogP contribution in [0.25, 0.3) is 0 Å². The summed E-state index contributed by atoms with van der Waals surface area (Å²) in [6.45, 7) is 7.38. The van der Waals surface area contributed by atoms with Crippen molar-refractivity contribution in [3.63, 3.8) is 0 Å². The molecule has 0 aliphatic rings. The predicted molar refractivity (Wildman–Crippen MR) is 83.7 cm³/mol. The zero-order valence-corrected chi connectivity index (χ0v) is 12.8. The number of hydrogen-bond acceptors (Lipinski definition) is 4. The normalized spacial score (nSPS) is 11.2. The second kappa shape index (κ2) is 10.7. The Balaban J connectivity index is 2.31. The highest BCUT2D eigenvalue weighted by molar-refractivity contribution is 5.46. The summed E-state index contributed by atoms with van der Waals surface area (Å²) in [5.74, 6) is 0. The quantitative estimate of drug-likeness (QED) is 0.500. The van der Waals surface area contributed by atoms with Crippen LogP contribution < -0.4 is 5.73 Å². The summed E-state index contributed by atoms with van der Waals surface area (Å²) in [5, 5.41) is 0. The summed E-state index contributed by atoms with van der Waals surface area (Å²) in [4.78, 5) is 2.39. The fourth-order valence-electron chi connectivity index (χ4n) is 2.11. The van der Waals surface area contributed by atoms with Crippen molar-refractivity contribution in [3.8, 4) is 0 Å². The standard InChI is InChI=1S/C16H28N2O2/c1-3-9-18(10-13-20-12-6-11-19-2)14-15-7-4-5-8-16(15)17/h4-5,7-8H,3,6,9-14,17H2,1-2H3. The van der Waals surface area contributed by atoms with Gasteiger partial charge in [-0.1, -0.05) is 25.1 Å². The number of benzene rings is 1. The Morgan fingerprint density at radius 3 is 2.60 bits per heavy atom. The van der Waals surface area contributed by atoms with Gasteiger partial charge in [0.15, 0.2) is 0 Å². The van der Waals surface area contributed by atoms with Crippen molar-refractivity contribution < 1.29 is 9.47 Å². The van der Waals surface area contributed by atoms with E-state index in [9.17, 15) is 0 Å². The molecular weight excluding hydrogens is 252 g/mol. The molecule has 0 fully saturated rings. The first-order chi connectivity index (χ1) is 9.77. The maximum Gasteiger partial charge on any atom is 0.0593 e. The van der Waals surface area contributed by atoms with Gasteiger partial charge in [-0.2, -0.15) is 0 Å². The third kappa shape index (κ3) is 6.89. The van der Waals surface area contributed by atoms with Crippen molar-refractivity contribution in [1.29, 1.82) is 0 Å². The Morgan fingerprint density at radius 2 is 1.90 bits per heavy atom. The van der Waals surface area contributed by atoms with Crippen molar-refractivity contribution in [2.24, 2.45) is 0 Å². The topological polar surface area (TPSA) is 47.7 Å². The van der Waals surface area contributed by atoms with Gasteiger partial charge in [-0.15, -0.1) is 0 Å². The van der Waals surface area contributed by atoms with E-state index in [0.29, 0.717) is 0 Å². The minimum absolute atomic E-state index is 0.760. The van der Waals surface area contributed by atoms with E-state index in [4.69, 9.17) is 15.2 Å². The molecule has 0 saturated heterocycles. The average Bonchev–Trinajstić information content (AvgIpc) is 2.45. The van der Waals surface area contributed by atoms with Crippen LogP contribution in [0.4, 0.5) is 5.69 Å². The molecule has 2 N–H and O–H groups in total. The van der Waals surface area contributed by atoms with Crippen LogP contribution in [0, 0.1) is 0 Å². The lowest BCUT2D eigenvalue weighted by atomic mass is 10.1. The van der Waals surface area contributed by atoms with Gasteiger partial charge in [0.1, 0.15) is 0 Å². The molecule has 0 spiro atoms. The zero-order valence-electron chi connectivity index (χ0n) is 12.8. The van der Waals surface area contributed by atoms with Crippen molar-refractivity contribution in [3.05, 3.63) is 29.8 Å². The van der Waals surface area contributed by atoms with E-state index in [2.05, 4.69) is 17.9 Å². The first-order valence-corrected chi connectivity index (χ1v) is 7.40. The number of anilines is 1. The average molecular weight is 280 g/mol. The van der Waals surface area contributed by atoms with E-state index in [-0.39, 0.29) is 0 Å². The molecule has 0 heterocycles. The summed E-state index contributed by atoms with van der Waals surface area (Å²) in [7, 11) is 1.72. The minimum atomic E-state index is 0.760. The molecule has 0 amide bonds. The van der Waals surface area contributed by atoms with Crippen LogP contribution >= 0.6 is 0 Å². The van der Waals surface area contributed by atoms with Crippen molar-refractivity contribution in [1.82, 2.24) is 4.90 Å². The fourth-order valence-corrected chi connectivity index (χ4v) is 2.11. The molecule has 0 aliphatic carbocycles. The van der Waals surface area contributed by atoms with Crippen LogP contribution in [-0.4, -0.2) is 44.9 Å². The summed E-state index contributed by atoms with van der Waals surface area (Å²) in [6.07, 6.45) is 2.09. The highest BCUT2D eigenvalue weighted by Crippen LogP contribution is 2.13. The lowest BCUT2D eigenvalue weighted by molar-refractivity contribution is 0.0820. The number of ether oxygens (including phenoxy) is 2. The van der Waals surface area contributed by atoms with Gasteiger partial charge >= 0.3 is 0 Å². The van der Waals surface area contributed by atoms with Crippen LogP contribution in [0.1, 0.15) is 25.3 Å². The molecule has 1 rings (SSSR count). The van der Waals surface area contributed by atoms with Gasteiger partial charge in [-0.3, -0.25) is 4.90 Å². The van der Waals surface area contributed by atoms with Crippen LogP contribution in [-0.2, 0) is 16.0 Å². The molecule has 4 heteroatoms. The van der Waals surface area contributed by atoms with Crippen LogP contribution in [0.3, 0.4) is 0 Å². The maximum atomic E-state index is 6.00. The minimum Gasteiger partial charge on any atom is -0.398 e. The Hall–Kier alpha value is -1.10. The predicted octanol–water partition coefficient (Wildman–Crippen LogP) is 2.53. The second-order valence-corrected chi connectivity index (χ2v) is 4.93. The van der Waals surface area contributed by atoms with E-state index >= 15 is 0 Å². The summed E-state index contributed by atoms with van der Waals surface area (Å²) >= 11 is 0. The van der Waals surface area contributed by atoms with Crippen molar-refractivity contribution >= 4 is 5.69 Å². The van der Waals surface area contributed by atoms with Gasteiger partial charge in [0, 0.05) is 39.1 Å². The van der Waals surface area contributed by atoms with E-state index in [1.807, 2.05) is 18.2 Å². The lowest BCUT2D eigenvalue weighted by Gasteiger charge is -2.22. The van der Waals surface area contributed by atoms with Gasteiger partial charge in [0.25, 0.3) is 0 Å². The van der Waals surface area contributed by atoms with Gasteiger partial charge < -0.3 is 15.2 Å². The van der Waals surface area contributed by atoms with Crippen LogP contribution in [0.2, 0.25) is 0 Å². The third-order valence-corrected chi connectivity index (χ3v) is 3.18. The third-order valence-electron chi connectivity index (χ3n) is 3.18. The number of nitrogens with two attached hydrogens (primary N) is 1. The Labute approximate surface area is 122 Å². The second-order valence-electron chi connectivity index (χ2n) is 4.93. The number of para-hydroxylation sites is 1. The van der Waals surface area contributed by atoms with E-state index in [1.165, 1.54) is 5.56 Å². The molecule has 0 bridgehead atoms. The molecule has 0 radical (unpaired) electrons. The summed E-state index contributed by atoms with van der Waals surface area (Å²) in [6, 6.07) is 8.07. The molecule has 0 unspecified atom stereocenters. The molecule has 1 aromatic rings. The molecular formula is C16H28N2O2. The molecule has 0 aromatic heterocycles. The van der Waals surface area contributed by atoms with E-state index in [1.54, 1.807) is 7.11 Å². The first kappa shape index (κ1) is 17.0. The van der Waals surface area contributed by atoms with Gasteiger partial charge in [0.2, 0.25) is 0 Å². The summed E-state index contributed by atoms with van der Waals surface area (Å²) in [5.41, 5.74) is 8.07. The molecule has 20 heavy (non-hydrogen) atoms. The van der Waals surface area contributed by atoms with E-state index < -0.39 is 0 Å². The van der Waals surface area contributed by atoms with E-state index in [0.717, 1.165) is 58.0 Å². The molecule has 4 nitrogen and oxygen atoms in total. The fraction of sp³-hybridized carbons (Fsp3) is 0.625. The van der Waals surface area contributed by atoms with Crippen molar-refractivity contribution in [2.45, 2.75) is 26.3 Å². The monoisotopic (exact) mass is 280 g/mol. The first-order valence-electron chi connectivity index (χ1n) is 7.40. The number of rotatable bonds is 11. The number of hydrogen-bond donors (Lipinski definition) is 1. The molecule has 0 atom stereocenters. The molecule has 0 aliphatic heterocycles. The van der Waals surface area contributed by atoms with Gasteiger partial charge in [-0.05, 0) is 31.0 Å². The van der Waals surface area contributed by atoms with Crippen LogP contribution in [0.15, 0.2) is 24.3 Å². The summed E-state index contributed by atoms with van der Waals surface area (Å²) < 4.78 is 10.6. The number of nitrogen functional groups attached to an aromatic ring is 1. The smallest absolute Gasteiger partial charge is 0.0593 e. The SMILES string of the molecule is CCCN(CCOCCCOC)Cc1ccccc1N.